The first-order valence-corrected chi connectivity index (χ1v) is 11.2. The molecule has 1 aromatic carbocycles. The molecular formula is C22H24N4O3S. The van der Waals surface area contributed by atoms with Crippen LogP contribution in [0.25, 0.3) is 10.9 Å². The molecule has 8 heteroatoms. The van der Waals surface area contributed by atoms with Crippen LogP contribution in [0.1, 0.15) is 49.1 Å². The van der Waals surface area contributed by atoms with Crippen molar-refractivity contribution in [1.29, 1.82) is 0 Å². The highest BCUT2D eigenvalue weighted by molar-refractivity contribution is 8.00. The monoisotopic (exact) mass is 424 g/mol. The van der Waals surface area contributed by atoms with E-state index in [1.807, 2.05) is 35.0 Å². The molecule has 0 unspecified atom stereocenters. The Hall–Kier alpha value is -2.58. The van der Waals surface area contributed by atoms with E-state index in [9.17, 15) is 9.59 Å². The Kier molecular flexibility index (Phi) is 4.71. The molecule has 0 bridgehead atoms. The van der Waals surface area contributed by atoms with Gasteiger partial charge in [-0.1, -0.05) is 24.3 Å². The molecule has 0 spiro atoms. The van der Waals surface area contributed by atoms with Crippen LogP contribution in [0.15, 0.2) is 41.3 Å². The van der Waals surface area contributed by atoms with Gasteiger partial charge in [0.2, 0.25) is 5.91 Å². The fourth-order valence-corrected chi connectivity index (χ4v) is 5.67. The van der Waals surface area contributed by atoms with Crippen molar-refractivity contribution in [2.24, 2.45) is 0 Å². The molecule has 0 radical (unpaired) electrons. The van der Waals surface area contributed by atoms with Gasteiger partial charge in [-0.3, -0.25) is 24.4 Å². The number of ether oxygens (including phenoxy) is 1. The van der Waals surface area contributed by atoms with Crippen LogP contribution >= 0.6 is 11.8 Å². The number of amides is 1. The van der Waals surface area contributed by atoms with Gasteiger partial charge in [-0.25, -0.2) is 0 Å². The number of nitrogens with zero attached hydrogens (tertiary/aromatic N) is 2. The van der Waals surface area contributed by atoms with Crippen LogP contribution < -0.4 is 10.9 Å². The zero-order chi connectivity index (χ0) is 20.9. The van der Waals surface area contributed by atoms with Crippen LogP contribution in [0.5, 0.6) is 0 Å². The van der Waals surface area contributed by atoms with Crippen LogP contribution in [0, 0.1) is 0 Å². The fourth-order valence-electron chi connectivity index (χ4n) is 4.52. The van der Waals surface area contributed by atoms with Crippen molar-refractivity contribution in [3.63, 3.8) is 0 Å². The van der Waals surface area contributed by atoms with Gasteiger partial charge in [-0.05, 0) is 38.3 Å². The molecule has 5 rings (SSSR count). The third-order valence-corrected chi connectivity index (χ3v) is 7.10. The minimum absolute atomic E-state index is 0.0555. The van der Waals surface area contributed by atoms with Crippen molar-refractivity contribution in [1.82, 2.24) is 14.8 Å². The maximum absolute atomic E-state index is 13.2. The Bertz CT molecular complexity index is 1180. The van der Waals surface area contributed by atoms with E-state index in [1.165, 1.54) is 11.8 Å². The first-order valence-electron chi connectivity index (χ1n) is 10.2. The molecule has 2 atom stereocenters. The molecule has 2 N–H and O–H groups in total. The number of hydrogen-bond acceptors (Lipinski definition) is 5. The summed E-state index contributed by atoms with van der Waals surface area (Å²) in [6.07, 6.45) is 3.30. The summed E-state index contributed by atoms with van der Waals surface area (Å²) < 4.78 is 7.71. The molecule has 7 nitrogen and oxygen atoms in total. The number of H-pyrrole nitrogens is 1. The second-order valence-electron chi connectivity index (χ2n) is 8.49. The van der Waals surface area contributed by atoms with E-state index < -0.39 is 0 Å². The average molecular weight is 425 g/mol. The van der Waals surface area contributed by atoms with Gasteiger partial charge in [0.25, 0.3) is 5.56 Å². The van der Waals surface area contributed by atoms with Crippen LogP contribution in [-0.4, -0.2) is 38.6 Å². The predicted molar refractivity (Wildman–Crippen MR) is 118 cm³/mol. The first kappa shape index (κ1) is 19.4. The number of para-hydroxylation sites is 1. The highest BCUT2D eigenvalue weighted by Gasteiger charge is 2.36. The summed E-state index contributed by atoms with van der Waals surface area (Å²) >= 11 is 1.47. The number of aromatic amines is 1. The molecule has 0 saturated carbocycles. The van der Waals surface area contributed by atoms with Gasteiger partial charge in [0.05, 0.1) is 33.7 Å². The van der Waals surface area contributed by atoms with Gasteiger partial charge in [-0.2, -0.15) is 0 Å². The zero-order valence-electron chi connectivity index (χ0n) is 17.0. The van der Waals surface area contributed by atoms with Crippen molar-refractivity contribution in [3.05, 3.63) is 58.0 Å². The standard InChI is InChI=1S/C22H24N4O3S/c1-22(2)11-14(8-10-29-22)26-20-17(21(28)25-26)19(30-12-16(27)24-20)15-7-3-5-13-6-4-9-23-18(13)15/h3-7,9,14,19H,8,10-12H2,1-2H3,(H,24,27)(H,25,28)/t14-,19-/m0/s1. The molecule has 3 aromatic rings. The second-order valence-corrected chi connectivity index (χ2v) is 9.58. The fraction of sp³-hybridized carbons (Fsp3) is 0.409. The topological polar surface area (TPSA) is 89.0 Å². The number of benzene rings is 1. The van der Waals surface area contributed by atoms with Crippen LogP contribution in [0.2, 0.25) is 0 Å². The number of anilines is 1. The Labute approximate surface area is 178 Å². The van der Waals surface area contributed by atoms with Crippen LogP contribution in [0.3, 0.4) is 0 Å². The van der Waals surface area contributed by atoms with Gasteiger partial charge < -0.3 is 10.1 Å². The Morgan fingerprint density at radius 2 is 2.07 bits per heavy atom. The summed E-state index contributed by atoms with van der Waals surface area (Å²) in [4.78, 5) is 30.3. The molecule has 1 saturated heterocycles. The molecule has 1 amide bonds. The van der Waals surface area contributed by atoms with Gasteiger partial charge >= 0.3 is 0 Å². The van der Waals surface area contributed by atoms with Gasteiger partial charge in [0, 0.05) is 18.2 Å². The number of nitrogens with one attached hydrogen (secondary N) is 2. The van der Waals surface area contributed by atoms with Crippen LogP contribution in [-0.2, 0) is 9.53 Å². The highest BCUT2D eigenvalue weighted by Crippen LogP contribution is 2.43. The Morgan fingerprint density at radius 3 is 2.90 bits per heavy atom. The van der Waals surface area contributed by atoms with Crippen molar-refractivity contribution < 1.29 is 9.53 Å². The van der Waals surface area contributed by atoms with E-state index in [2.05, 4.69) is 29.2 Å². The number of aromatic nitrogens is 3. The second kappa shape index (κ2) is 7.28. The molecule has 2 aliphatic heterocycles. The van der Waals surface area contributed by atoms with E-state index in [0.29, 0.717) is 18.0 Å². The number of fused-ring (bicyclic) bond motifs is 2. The maximum Gasteiger partial charge on any atom is 0.270 e. The molecule has 2 aliphatic rings. The minimum Gasteiger partial charge on any atom is -0.375 e. The smallest absolute Gasteiger partial charge is 0.270 e. The number of carbonyl (C=O) groups is 1. The minimum atomic E-state index is -0.282. The summed E-state index contributed by atoms with van der Waals surface area (Å²) in [6, 6.07) is 9.96. The summed E-state index contributed by atoms with van der Waals surface area (Å²) in [5.74, 6) is 0.757. The lowest BCUT2D eigenvalue weighted by molar-refractivity contribution is -0.113. The van der Waals surface area contributed by atoms with E-state index in [-0.39, 0.29) is 34.1 Å². The number of hydrogen-bond donors (Lipinski definition) is 2. The van der Waals surface area contributed by atoms with E-state index in [1.54, 1.807) is 6.20 Å². The summed E-state index contributed by atoms with van der Waals surface area (Å²) in [7, 11) is 0. The Balaban J connectivity index is 1.66. The van der Waals surface area contributed by atoms with Gasteiger partial charge in [0.1, 0.15) is 5.82 Å². The largest absolute Gasteiger partial charge is 0.375 e. The SMILES string of the molecule is CC1(C)C[C@@H](n2[nH]c(=O)c3c2NC(=O)CS[C@H]3c2cccc3cccnc23)CCO1. The average Bonchev–Trinajstić information content (AvgIpc) is 2.93. The van der Waals surface area contributed by atoms with Crippen molar-refractivity contribution >= 4 is 34.4 Å². The lowest BCUT2D eigenvalue weighted by Crippen LogP contribution is -2.36. The van der Waals surface area contributed by atoms with E-state index in [0.717, 1.165) is 29.3 Å². The number of pyridine rings is 1. The van der Waals surface area contributed by atoms with Crippen molar-refractivity contribution in [2.75, 3.05) is 17.7 Å². The normalized spacial score (nSPS) is 23.6. The molecule has 1 fully saturated rings. The maximum atomic E-state index is 13.2. The van der Waals surface area contributed by atoms with E-state index in [4.69, 9.17) is 4.74 Å². The lowest BCUT2D eigenvalue weighted by atomic mass is 9.94. The number of rotatable bonds is 2. The number of thioether (sulfide) groups is 1. The summed E-state index contributed by atoms with van der Waals surface area (Å²) in [6.45, 7) is 4.73. The summed E-state index contributed by atoms with van der Waals surface area (Å²) in [5, 5.41) is 6.75. The predicted octanol–water partition coefficient (Wildman–Crippen LogP) is 3.63. The Morgan fingerprint density at radius 1 is 1.23 bits per heavy atom. The van der Waals surface area contributed by atoms with E-state index >= 15 is 0 Å². The van der Waals surface area contributed by atoms with Gasteiger partial charge in [0.15, 0.2) is 0 Å². The number of carbonyl (C=O) groups excluding carboxylic acids is 1. The molecule has 156 valence electrons. The molecule has 4 heterocycles. The lowest BCUT2D eigenvalue weighted by Gasteiger charge is -2.36. The highest BCUT2D eigenvalue weighted by atomic mass is 32.2. The molecule has 0 aliphatic carbocycles. The van der Waals surface area contributed by atoms with Crippen molar-refractivity contribution in [3.8, 4) is 0 Å². The molecular weight excluding hydrogens is 400 g/mol. The van der Waals surface area contributed by atoms with Crippen LogP contribution in [0.4, 0.5) is 5.82 Å². The van der Waals surface area contributed by atoms with Gasteiger partial charge in [-0.15, -0.1) is 11.8 Å². The van der Waals surface area contributed by atoms with Crippen molar-refractivity contribution in [2.45, 2.75) is 43.6 Å². The molecule has 30 heavy (non-hydrogen) atoms. The third-order valence-electron chi connectivity index (χ3n) is 5.85. The zero-order valence-corrected chi connectivity index (χ0v) is 17.8. The summed E-state index contributed by atoms with van der Waals surface area (Å²) in [5.41, 5.74) is 1.96. The third kappa shape index (κ3) is 3.33. The molecule has 2 aromatic heterocycles. The quantitative estimate of drug-likeness (QED) is 0.656. The first-order chi connectivity index (χ1) is 14.4.